The molecule has 1 N–H and O–H groups in total. The Morgan fingerprint density at radius 3 is 2.74 bits per heavy atom. The molecule has 3 nitrogen and oxygen atoms in total. The van der Waals surface area contributed by atoms with Gasteiger partial charge in [0.05, 0.1) is 17.9 Å². The first kappa shape index (κ1) is 16.5. The summed E-state index contributed by atoms with van der Waals surface area (Å²) in [4.78, 5) is 11.6. The summed E-state index contributed by atoms with van der Waals surface area (Å²) in [7, 11) is 0. The Morgan fingerprint density at radius 2 is 2.09 bits per heavy atom. The second kappa shape index (κ2) is 5.62. The lowest BCUT2D eigenvalue weighted by Crippen LogP contribution is -2.51. The van der Waals surface area contributed by atoms with Crippen LogP contribution in [0.5, 0.6) is 0 Å². The number of aliphatic hydroxyl groups excluding tert-OH is 1. The van der Waals surface area contributed by atoms with Crippen molar-refractivity contribution < 1.29 is 14.6 Å². The van der Waals surface area contributed by atoms with Crippen LogP contribution in [0.3, 0.4) is 0 Å². The van der Waals surface area contributed by atoms with Gasteiger partial charge in [-0.25, -0.2) is 4.79 Å². The molecule has 23 heavy (non-hydrogen) atoms. The highest BCUT2D eigenvalue weighted by atomic mass is 16.5. The van der Waals surface area contributed by atoms with Crippen LogP contribution in [0, 0.1) is 16.7 Å². The number of fused-ring (bicyclic) bond motifs is 1. The molecule has 1 saturated carbocycles. The summed E-state index contributed by atoms with van der Waals surface area (Å²) in [5.74, 6) is 0.238. The van der Waals surface area contributed by atoms with Gasteiger partial charge in [0.1, 0.15) is 0 Å². The van der Waals surface area contributed by atoms with E-state index in [1.54, 1.807) is 6.08 Å². The van der Waals surface area contributed by atoms with Crippen molar-refractivity contribution >= 4 is 5.97 Å². The minimum Gasteiger partial charge on any atom is -0.431 e. The van der Waals surface area contributed by atoms with Crippen LogP contribution in [0.15, 0.2) is 35.1 Å². The predicted molar refractivity (Wildman–Crippen MR) is 90.5 cm³/mol. The first-order valence-corrected chi connectivity index (χ1v) is 8.71. The third kappa shape index (κ3) is 2.59. The summed E-state index contributed by atoms with van der Waals surface area (Å²) in [6.45, 7) is 9.03. The van der Waals surface area contributed by atoms with Gasteiger partial charge in [-0.1, -0.05) is 38.0 Å². The van der Waals surface area contributed by atoms with Crippen molar-refractivity contribution in [2.45, 2.75) is 65.9 Å². The van der Waals surface area contributed by atoms with E-state index in [4.69, 9.17) is 4.74 Å². The van der Waals surface area contributed by atoms with Crippen LogP contribution in [0.2, 0.25) is 0 Å². The average molecular weight is 316 g/mol. The zero-order chi connectivity index (χ0) is 16.8. The fourth-order valence-corrected chi connectivity index (χ4v) is 5.16. The lowest BCUT2D eigenvalue weighted by molar-refractivity contribution is -0.132. The van der Waals surface area contributed by atoms with E-state index in [0.717, 1.165) is 32.1 Å². The lowest BCUT2D eigenvalue weighted by atomic mass is 9.49. The van der Waals surface area contributed by atoms with Crippen LogP contribution in [-0.4, -0.2) is 17.2 Å². The van der Waals surface area contributed by atoms with Crippen molar-refractivity contribution in [3.63, 3.8) is 0 Å². The number of hydrogen-bond acceptors (Lipinski definition) is 3. The third-order valence-electron chi connectivity index (χ3n) is 6.66. The largest absolute Gasteiger partial charge is 0.431 e. The summed E-state index contributed by atoms with van der Waals surface area (Å²) < 4.78 is 4.87. The molecule has 3 atom stereocenters. The van der Waals surface area contributed by atoms with Crippen LogP contribution in [-0.2, 0) is 9.53 Å². The molecule has 1 unspecified atom stereocenters. The molecule has 0 amide bonds. The molecule has 0 aromatic heterocycles. The van der Waals surface area contributed by atoms with E-state index >= 15 is 0 Å². The maximum absolute atomic E-state index is 11.6. The van der Waals surface area contributed by atoms with Gasteiger partial charge in [-0.15, -0.1) is 0 Å². The maximum atomic E-state index is 11.6. The van der Waals surface area contributed by atoms with Crippen LogP contribution in [0.1, 0.15) is 59.8 Å². The van der Waals surface area contributed by atoms with E-state index in [1.165, 1.54) is 17.4 Å². The van der Waals surface area contributed by atoms with Crippen molar-refractivity contribution in [1.29, 1.82) is 0 Å². The molecule has 0 radical (unpaired) electrons. The molecule has 126 valence electrons. The van der Waals surface area contributed by atoms with Crippen LogP contribution < -0.4 is 0 Å². The fourth-order valence-electron chi connectivity index (χ4n) is 5.16. The molecular formula is C20H28O3. The van der Waals surface area contributed by atoms with Crippen molar-refractivity contribution in [3.8, 4) is 0 Å². The maximum Gasteiger partial charge on any atom is 0.342 e. The predicted octanol–water partition coefficient (Wildman–Crippen LogP) is 4.29. The zero-order valence-electron chi connectivity index (χ0n) is 14.7. The van der Waals surface area contributed by atoms with E-state index in [0.29, 0.717) is 11.5 Å². The van der Waals surface area contributed by atoms with Crippen molar-refractivity contribution in [2.75, 3.05) is 0 Å². The van der Waals surface area contributed by atoms with E-state index in [-0.39, 0.29) is 22.9 Å². The zero-order valence-corrected chi connectivity index (χ0v) is 14.7. The normalized spacial score (nSPS) is 38.0. The minimum atomic E-state index is -0.250. The highest BCUT2D eigenvalue weighted by molar-refractivity contribution is 5.94. The van der Waals surface area contributed by atoms with Gasteiger partial charge >= 0.3 is 5.97 Å². The molecule has 0 bridgehead atoms. The van der Waals surface area contributed by atoms with Crippen LogP contribution >= 0.6 is 0 Å². The number of carbonyl (C=O) groups excluding carboxylic acids is 1. The summed E-state index contributed by atoms with van der Waals surface area (Å²) >= 11 is 0. The van der Waals surface area contributed by atoms with Gasteiger partial charge in [-0.05, 0) is 61.9 Å². The topological polar surface area (TPSA) is 46.5 Å². The second-order valence-electron chi connectivity index (χ2n) is 8.22. The number of aliphatic hydroxyl groups is 1. The highest BCUT2D eigenvalue weighted by Crippen LogP contribution is 2.60. The van der Waals surface area contributed by atoms with Crippen molar-refractivity contribution in [2.24, 2.45) is 16.7 Å². The van der Waals surface area contributed by atoms with Gasteiger partial charge in [-0.3, -0.25) is 0 Å². The fraction of sp³-hybridized carbons (Fsp3) is 0.650. The van der Waals surface area contributed by atoms with E-state index < -0.39 is 0 Å². The van der Waals surface area contributed by atoms with Gasteiger partial charge in [0, 0.05) is 0 Å². The van der Waals surface area contributed by atoms with Gasteiger partial charge in [0.2, 0.25) is 0 Å². The molecule has 3 heteroatoms. The van der Waals surface area contributed by atoms with E-state index in [1.807, 2.05) is 6.08 Å². The first-order chi connectivity index (χ1) is 10.8. The number of cyclic esters (lactones) is 1. The molecule has 0 saturated heterocycles. The van der Waals surface area contributed by atoms with Crippen molar-refractivity contribution in [3.05, 3.63) is 35.1 Å². The molecule has 3 aliphatic rings. The third-order valence-corrected chi connectivity index (χ3v) is 6.66. The summed E-state index contributed by atoms with van der Waals surface area (Å²) in [6, 6.07) is 0. The van der Waals surface area contributed by atoms with Gasteiger partial charge in [-0.2, -0.15) is 0 Å². The molecule has 1 aliphatic heterocycles. The van der Waals surface area contributed by atoms with E-state index in [2.05, 4.69) is 27.7 Å². The summed E-state index contributed by atoms with van der Waals surface area (Å²) in [5, 5.41) is 10.5. The Hall–Kier alpha value is -1.35. The van der Waals surface area contributed by atoms with Gasteiger partial charge < -0.3 is 9.84 Å². The molecule has 2 aliphatic carbocycles. The van der Waals surface area contributed by atoms with Gasteiger partial charge in [0.25, 0.3) is 0 Å². The first-order valence-electron chi connectivity index (χ1n) is 8.71. The number of allylic oxidation sites excluding steroid dienone is 3. The number of hydrogen-bond donors (Lipinski definition) is 1. The smallest absolute Gasteiger partial charge is 0.342 e. The Kier molecular flexibility index (Phi) is 4.04. The highest BCUT2D eigenvalue weighted by Gasteiger charge is 2.53. The minimum absolute atomic E-state index is 0.0573. The molecule has 1 fully saturated rings. The van der Waals surface area contributed by atoms with E-state index in [9.17, 15) is 9.90 Å². The molecular weight excluding hydrogens is 288 g/mol. The monoisotopic (exact) mass is 316 g/mol. The molecule has 3 rings (SSSR count). The Labute approximate surface area is 139 Å². The quantitative estimate of drug-likeness (QED) is 0.470. The molecule has 0 spiro atoms. The van der Waals surface area contributed by atoms with Crippen LogP contribution in [0.4, 0.5) is 0 Å². The number of rotatable bonds is 2. The number of carbonyl (C=O) groups is 1. The van der Waals surface area contributed by atoms with Crippen LogP contribution in [0.25, 0.3) is 0 Å². The molecule has 0 aromatic carbocycles. The van der Waals surface area contributed by atoms with Gasteiger partial charge in [0.15, 0.2) is 0 Å². The second-order valence-corrected chi connectivity index (χ2v) is 8.22. The number of ether oxygens (including phenoxy) is 1. The standard InChI is InChI=1S/C20H28O3/c1-13-5-8-16-19(2,3)17(21)9-11-20(16,4)15(13)7-6-14-10-12-23-18(14)22/h6,10,12,16-17,21H,5,7-9,11H2,1-4H3/b14-6-/t16?,17-,20+/m0/s1. The summed E-state index contributed by atoms with van der Waals surface area (Å²) in [5.41, 5.74) is 3.65. The Morgan fingerprint density at radius 1 is 1.35 bits per heavy atom. The average Bonchev–Trinajstić information content (AvgIpc) is 2.88. The van der Waals surface area contributed by atoms with Crippen molar-refractivity contribution in [1.82, 2.24) is 0 Å². The SMILES string of the molecule is CC1=C(C/C=C2/C=COC2=O)[C@@]2(C)CC[C@H](O)C(C)(C)C2CC1. The Bertz CT molecular complexity index is 608. The molecule has 1 heterocycles. The lowest BCUT2D eigenvalue weighted by Gasteiger charge is -2.57. The Balaban J connectivity index is 1.92. The molecule has 0 aromatic rings. The summed E-state index contributed by atoms with van der Waals surface area (Å²) in [6.07, 6.45) is 9.93. The number of esters is 1.